The molecule has 2 fully saturated rings. The Labute approximate surface area is 169 Å². The van der Waals surface area contributed by atoms with Crippen LogP contribution in [-0.4, -0.2) is 59.2 Å². The third-order valence-corrected chi connectivity index (χ3v) is 5.89. The second-order valence-electron chi connectivity index (χ2n) is 7.67. The normalized spacial score (nSPS) is 25.4. The molecule has 29 heavy (non-hydrogen) atoms. The first-order valence-corrected chi connectivity index (χ1v) is 9.56. The second kappa shape index (κ2) is 8.68. The van der Waals surface area contributed by atoms with Gasteiger partial charge < -0.3 is 25.0 Å². The highest BCUT2D eigenvalue weighted by atomic mass is 16.5. The van der Waals surface area contributed by atoms with Crippen LogP contribution in [0, 0.1) is 29.1 Å². The van der Waals surface area contributed by atoms with Gasteiger partial charge in [-0.3, -0.25) is 4.79 Å². The molecule has 3 N–H and O–H groups in total. The van der Waals surface area contributed by atoms with Gasteiger partial charge in [0, 0.05) is 6.54 Å². The Morgan fingerprint density at radius 1 is 1.41 bits per heavy atom. The largest absolute Gasteiger partial charge is 0.475 e. The van der Waals surface area contributed by atoms with Crippen molar-refractivity contribution in [3.63, 3.8) is 0 Å². The molecule has 1 aliphatic carbocycles. The van der Waals surface area contributed by atoms with Crippen LogP contribution in [0.2, 0.25) is 0 Å². The van der Waals surface area contributed by atoms with Gasteiger partial charge in [0.05, 0.1) is 12.0 Å². The summed E-state index contributed by atoms with van der Waals surface area (Å²) in [7, 11) is -1.75. The first-order chi connectivity index (χ1) is 13.8. The first kappa shape index (κ1) is 20.9. The molecular formula is C20H24BN3O5. The van der Waals surface area contributed by atoms with Crippen molar-refractivity contribution in [2.75, 3.05) is 13.2 Å². The molecule has 152 valence electrons. The third kappa shape index (κ3) is 4.61. The minimum atomic E-state index is -1.75. The summed E-state index contributed by atoms with van der Waals surface area (Å²) in [6, 6.07) is 10.6. The maximum absolute atomic E-state index is 12.4. The van der Waals surface area contributed by atoms with Crippen LogP contribution < -0.4 is 5.32 Å². The molecule has 8 nitrogen and oxygen atoms in total. The predicted molar refractivity (Wildman–Crippen MR) is 105 cm³/mol. The lowest BCUT2D eigenvalue weighted by Gasteiger charge is -2.28. The molecule has 0 radical (unpaired) electrons. The number of rotatable bonds is 7. The highest BCUT2D eigenvalue weighted by molar-refractivity contribution is 6.43. The summed E-state index contributed by atoms with van der Waals surface area (Å²) < 4.78 is 5.30. The van der Waals surface area contributed by atoms with Crippen LogP contribution in [0.25, 0.3) is 0 Å². The van der Waals surface area contributed by atoms with Crippen molar-refractivity contribution < 1.29 is 24.4 Å². The average molecular weight is 397 g/mol. The maximum atomic E-state index is 12.4. The number of nitrogens with zero attached hydrogens (tertiary/aromatic N) is 2. The quantitative estimate of drug-likeness (QED) is 0.350. The topological polar surface area (TPSA) is 123 Å². The summed E-state index contributed by atoms with van der Waals surface area (Å²) in [5.41, 5.74) is 0.697. The zero-order chi connectivity index (χ0) is 21.1. The monoisotopic (exact) mass is 397 g/mol. The summed E-state index contributed by atoms with van der Waals surface area (Å²) in [4.78, 5) is 26.2. The zero-order valence-electron chi connectivity index (χ0n) is 16.2. The van der Waals surface area contributed by atoms with E-state index >= 15 is 0 Å². The van der Waals surface area contributed by atoms with Gasteiger partial charge in [-0.2, -0.15) is 5.26 Å². The number of ether oxygens (including phenoxy) is 1. The smallest absolute Gasteiger partial charge is 0.447 e. The Bertz CT molecular complexity index is 825. The Hall–Kier alpha value is -2.83. The van der Waals surface area contributed by atoms with Gasteiger partial charge in [-0.1, -0.05) is 43.8 Å². The van der Waals surface area contributed by atoms with E-state index in [-0.39, 0.29) is 30.6 Å². The van der Waals surface area contributed by atoms with Crippen LogP contribution in [0.5, 0.6) is 0 Å². The molecule has 1 aliphatic heterocycles. The molecule has 5 atom stereocenters. The number of alkyl carbamates (subject to hydrolysis) is 1. The van der Waals surface area contributed by atoms with E-state index in [1.54, 1.807) is 11.0 Å². The summed E-state index contributed by atoms with van der Waals surface area (Å²) in [5.74, 6) is -0.379. The minimum Gasteiger partial charge on any atom is -0.447 e. The lowest BCUT2D eigenvalue weighted by Crippen LogP contribution is -2.49. The van der Waals surface area contributed by atoms with Gasteiger partial charge in [0.15, 0.2) is 0 Å². The second-order valence-corrected chi connectivity index (χ2v) is 7.67. The third-order valence-electron chi connectivity index (χ3n) is 5.89. The van der Waals surface area contributed by atoms with E-state index in [0.717, 1.165) is 5.56 Å². The van der Waals surface area contributed by atoms with Gasteiger partial charge in [0.2, 0.25) is 0 Å². The zero-order valence-corrected chi connectivity index (χ0v) is 16.2. The number of nitriles is 1. The van der Waals surface area contributed by atoms with Gasteiger partial charge in [-0.25, -0.2) is 4.79 Å². The lowest BCUT2D eigenvalue weighted by molar-refractivity contribution is -0.129. The fourth-order valence-electron chi connectivity index (χ4n) is 4.18. The number of likely N-dealkylation sites (tertiary alicyclic amines) is 1. The number of amides is 2. The molecule has 0 bridgehead atoms. The fourth-order valence-corrected chi connectivity index (χ4v) is 4.18. The Morgan fingerprint density at radius 3 is 2.72 bits per heavy atom. The van der Waals surface area contributed by atoms with Gasteiger partial charge in [0.1, 0.15) is 18.2 Å². The van der Waals surface area contributed by atoms with Crippen molar-refractivity contribution in [1.82, 2.24) is 10.2 Å². The number of carbonyl (C=O) groups is 2. The maximum Gasteiger partial charge on any atom is 0.475 e. The number of piperidine rings is 1. The van der Waals surface area contributed by atoms with E-state index in [4.69, 9.17) is 10.00 Å². The Kier molecular flexibility index (Phi) is 6.25. The molecule has 1 saturated heterocycles. The number of carbonyl (C=O) groups excluding carboxylic acids is 2. The van der Waals surface area contributed by atoms with Gasteiger partial charge in [0.25, 0.3) is 5.91 Å². The van der Waals surface area contributed by atoms with Crippen molar-refractivity contribution in [3.05, 3.63) is 48.0 Å². The van der Waals surface area contributed by atoms with Crippen molar-refractivity contribution in [2.24, 2.45) is 17.8 Å². The van der Waals surface area contributed by atoms with Crippen LogP contribution in [0.15, 0.2) is 42.5 Å². The summed E-state index contributed by atoms with van der Waals surface area (Å²) in [6.07, 6.45) is -0.562. The van der Waals surface area contributed by atoms with E-state index in [9.17, 15) is 19.6 Å². The van der Waals surface area contributed by atoms with Crippen molar-refractivity contribution in [2.45, 2.75) is 25.3 Å². The number of benzene rings is 1. The van der Waals surface area contributed by atoms with Crippen LogP contribution in [-0.2, 0) is 16.0 Å². The average Bonchev–Trinajstić information content (AvgIpc) is 3.17. The molecule has 1 aromatic carbocycles. The Morgan fingerprint density at radius 2 is 2.10 bits per heavy atom. The molecular weight excluding hydrogens is 373 g/mol. The van der Waals surface area contributed by atoms with E-state index in [1.165, 1.54) is 0 Å². The molecule has 3 rings (SSSR count). The number of hydrogen-bond donors (Lipinski definition) is 3. The van der Waals surface area contributed by atoms with Gasteiger partial charge in [-0.15, -0.1) is 0 Å². The molecule has 9 heteroatoms. The molecule has 2 amide bonds. The number of hydrogen-bond acceptors (Lipinski definition) is 6. The highest BCUT2D eigenvalue weighted by Gasteiger charge is 2.60. The predicted octanol–water partition coefficient (Wildman–Crippen LogP) is 0.509. The van der Waals surface area contributed by atoms with Crippen LogP contribution >= 0.6 is 0 Å². The van der Waals surface area contributed by atoms with Crippen LogP contribution in [0.4, 0.5) is 4.79 Å². The molecule has 1 heterocycles. The van der Waals surface area contributed by atoms with Crippen molar-refractivity contribution >= 4 is 19.1 Å². The van der Waals surface area contributed by atoms with E-state index in [2.05, 4.69) is 18.8 Å². The molecule has 2 aliphatic rings. The number of fused-ring (bicyclic) bond motifs is 1. The fraction of sp³-hybridized carbons (Fsp3) is 0.450. The van der Waals surface area contributed by atoms with E-state index < -0.39 is 25.1 Å². The number of nitrogens with one attached hydrogen (secondary N) is 1. The molecule has 3 unspecified atom stereocenters. The summed E-state index contributed by atoms with van der Waals surface area (Å²) in [5, 5.41) is 30.6. The molecule has 1 aromatic rings. The van der Waals surface area contributed by atoms with Crippen LogP contribution in [0.3, 0.4) is 0 Å². The SMILES string of the molecule is C=C(C#N)C(=O)N1CC2C(C)C2[C@@H]1COC(=O)N[C@@H](Cc1ccccc1)B(O)O. The summed E-state index contributed by atoms with van der Waals surface area (Å²) in [6.45, 7) is 6.06. The van der Waals surface area contributed by atoms with Crippen molar-refractivity contribution in [3.8, 4) is 6.07 Å². The highest BCUT2D eigenvalue weighted by Crippen LogP contribution is 2.55. The summed E-state index contributed by atoms with van der Waals surface area (Å²) >= 11 is 0. The molecule has 0 aromatic heterocycles. The van der Waals surface area contributed by atoms with Crippen molar-refractivity contribution in [1.29, 1.82) is 5.26 Å². The molecule has 0 spiro atoms. The van der Waals surface area contributed by atoms with Gasteiger partial charge in [-0.05, 0) is 29.7 Å². The van der Waals surface area contributed by atoms with E-state index in [0.29, 0.717) is 18.4 Å². The first-order valence-electron chi connectivity index (χ1n) is 9.56. The Balaban J connectivity index is 1.57. The van der Waals surface area contributed by atoms with Gasteiger partial charge >= 0.3 is 13.2 Å². The lowest BCUT2D eigenvalue weighted by atomic mass is 9.76. The molecule has 1 saturated carbocycles. The van der Waals surface area contributed by atoms with Crippen LogP contribution in [0.1, 0.15) is 12.5 Å². The van der Waals surface area contributed by atoms with E-state index in [1.807, 2.05) is 30.3 Å². The standard InChI is InChI=1S/C20H24BN3O5/c1-12(9-22)19(25)24-10-15-13(2)18(15)16(24)11-29-20(26)23-17(21(27)28)8-14-6-4-3-5-7-14/h3-7,13,15-18,27-28H,1,8,10-11H2,2H3,(H,23,26)/t13?,15?,16-,17-,18?/m0/s1. The minimum absolute atomic E-state index is 0.0264.